The standard InChI is InChI=1S/C14H25ClO4/c1-4-7-9-11(15)12(13(16)18-6-3)14(17)19-10-8-5-2/h11-12H,4-10H2,1-3H3. The molecule has 0 amide bonds. The molecule has 0 aromatic heterocycles. The zero-order valence-corrected chi connectivity index (χ0v) is 12.9. The predicted octanol–water partition coefficient (Wildman–Crippen LogP) is 3.31. The van der Waals surface area contributed by atoms with Crippen LogP contribution in [0.5, 0.6) is 0 Å². The summed E-state index contributed by atoms with van der Waals surface area (Å²) < 4.78 is 10.00. The van der Waals surface area contributed by atoms with Crippen LogP contribution < -0.4 is 0 Å². The van der Waals surface area contributed by atoms with Crippen molar-refractivity contribution in [1.29, 1.82) is 0 Å². The highest BCUT2D eigenvalue weighted by atomic mass is 35.5. The van der Waals surface area contributed by atoms with Gasteiger partial charge in [-0.15, -0.1) is 11.6 Å². The molecule has 0 fully saturated rings. The lowest BCUT2D eigenvalue weighted by atomic mass is 10.0. The Bertz CT molecular complexity index is 268. The molecule has 0 aromatic rings. The van der Waals surface area contributed by atoms with Gasteiger partial charge in [-0.1, -0.05) is 33.1 Å². The maximum atomic E-state index is 11.9. The fourth-order valence-electron chi connectivity index (χ4n) is 1.60. The van der Waals surface area contributed by atoms with Crippen molar-refractivity contribution in [3.8, 4) is 0 Å². The summed E-state index contributed by atoms with van der Waals surface area (Å²) in [4.78, 5) is 23.7. The highest BCUT2D eigenvalue weighted by Gasteiger charge is 2.36. The Labute approximate surface area is 120 Å². The fourth-order valence-corrected chi connectivity index (χ4v) is 1.96. The smallest absolute Gasteiger partial charge is 0.321 e. The lowest BCUT2D eigenvalue weighted by molar-refractivity contribution is -0.162. The zero-order chi connectivity index (χ0) is 14.7. The summed E-state index contributed by atoms with van der Waals surface area (Å²) in [7, 11) is 0. The third-order valence-electron chi connectivity index (χ3n) is 2.73. The van der Waals surface area contributed by atoms with E-state index in [1.54, 1.807) is 6.92 Å². The number of alkyl halides is 1. The molecular weight excluding hydrogens is 268 g/mol. The van der Waals surface area contributed by atoms with Crippen LogP contribution in [0.4, 0.5) is 0 Å². The van der Waals surface area contributed by atoms with E-state index in [9.17, 15) is 9.59 Å². The topological polar surface area (TPSA) is 52.6 Å². The molecule has 0 N–H and O–H groups in total. The van der Waals surface area contributed by atoms with Crippen molar-refractivity contribution in [1.82, 2.24) is 0 Å². The zero-order valence-electron chi connectivity index (χ0n) is 12.1. The SMILES string of the molecule is CCCCOC(=O)C(C(=O)OCC)C(Cl)CCCC. The van der Waals surface area contributed by atoms with Crippen LogP contribution in [0.15, 0.2) is 0 Å². The molecule has 5 heteroatoms. The van der Waals surface area contributed by atoms with Gasteiger partial charge in [0.2, 0.25) is 0 Å². The van der Waals surface area contributed by atoms with Crippen molar-refractivity contribution >= 4 is 23.5 Å². The second kappa shape index (κ2) is 11.1. The van der Waals surface area contributed by atoms with E-state index in [-0.39, 0.29) is 6.61 Å². The Hall–Kier alpha value is -0.770. The molecule has 2 unspecified atom stereocenters. The molecule has 19 heavy (non-hydrogen) atoms. The van der Waals surface area contributed by atoms with Gasteiger partial charge in [0.25, 0.3) is 0 Å². The normalized spacial score (nSPS) is 13.7. The number of carbonyl (C=O) groups excluding carboxylic acids is 2. The Balaban J connectivity index is 4.55. The quantitative estimate of drug-likeness (QED) is 0.268. The number of carbonyl (C=O) groups is 2. The fraction of sp³-hybridized carbons (Fsp3) is 0.857. The summed E-state index contributed by atoms with van der Waals surface area (Å²) in [6, 6.07) is 0. The molecule has 112 valence electrons. The molecule has 0 radical (unpaired) electrons. The van der Waals surface area contributed by atoms with Gasteiger partial charge < -0.3 is 9.47 Å². The minimum absolute atomic E-state index is 0.231. The minimum atomic E-state index is -1.01. The van der Waals surface area contributed by atoms with Crippen LogP contribution in [-0.2, 0) is 19.1 Å². The van der Waals surface area contributed by atoms with Gasteiger partial charge in [0, 0.05) is 0 Å². The molecule has 0 saturated carbocycles. The van der Waals surface area contributed by atoms with Gasteiger partial charge in [0.05, 0.1) is 18.6 Å². The number of esters is 2. The first-order valence-corrected chi connectivity index (χ1v) is 7.49. The van der Waals surface area contributed by atoms with Crippen molar-refractivity contribution < 1.29 is 19.1 Å². The van der Waals surface area contributed by atoms with Crippen molar-refractivity contribution in [2.75, 3.05) is 13.2 Å². The summed E-state index contributed by atoms with van der Waals surface area (Å²) in [5, 5.41) is -0.562. The molecule has 0 aromatic carbocycles. The van der Waals surface area contributed by atoms with E-state index in [1.165, 1.54) is 0 Å². The predicted molar refractivity (Wildman–Crippen MR) is 75.2 cm³/mol. The van der Waals surface area contributed by atoms with E-state index >= 15 is 0 Å². The van der Waals surface area contributed by atoms with Crippen LogP contribution >= 0.6 is 11.6 Å². The lowest BCUT2D eigenvalue weighted by Gasteiger charge is -2.19. The largest absolute Gasteiger partial charge is 0.465 e. The average molecular weight is 293 g/mol. The first kappa shape index (κ1) is 18.2. The van der Waals surface area contributed by atoms with Gasteiger partial charge in [-0.3, -0.25) is 9.59 Å². The Morgan fingerprint density at radius 1 is 1.00 bits per heavy atom. The first-order valence-electron chi connectivity index (χ1n) is 7.05. The van der Waals surface area contributed by atoms with E-state index in [0.29, 0.717) is 13.0 Å². The molecule has 0 rings (SSSR count). The van der Waals surface area contributed by atoms with Crippen molar-refractivity contribution in [2.45, 2.75) is 58.3 Å². The number of hydrogen-bond acceptors (Lipinski definition) is 4. The molecule has 0 saturated heterocycles. The molecule has 4 nitrogen and oxygen atoms in total. The molecule has 2 atom stereocenters. The van der Waals surface area contributed by atoms with Gasteiger partial charge >= 0.3 is 11.9 Å². The second-order valence-electron chi connectivity index (χ2n) is 4.41. The van der Waals surface area contributed by atoms with Crippen LogP contribution in [0.1, 0.15) is 52.9 Å². The molecule has 0 spiro atoms. The maximum absolute atomic E-state index is 11.9. The van der Waals surface area contributed by atoms with Crippen molar-refractivity contribution in [3.63, 3.8) is 0 Å². The van der Waals surface area contributed by atoms with Crippen LogP contribution in [-0.4, -0.2) is 30.5 Å². The van der Waals surface area contributed by atoms with E-state index in [0.717, 1.165) is 25.7 Å². The van der Waals surface area contributed by atoms with Crippen molar-refractivity contribution in [3.05, 3.63) is 0 Å². The Morgan fingerprint density at radius 2 is 1.58 bits per heavy atom. The molecular formula is C14H25ClO4. The van der Waals surface area contributed by atoms with Gasteiger partial charge in [-0.25, -0.2) is 0 Å². The Morgan fingerprint density at radius 3 is 2.11 bits per heavy atom. The summed E-state index contributed by atoms with van der Waals surface area (Å²) in [6.07, 6.45) is 4.14. The highest BCUT2D eigenvalue weighted by molar-refractivity contribution is 6.24. The molecule has 0 aliphatic heterocycles. The number of rotatable bonds is 10. The van der Waals surface area contributed by atoms with Crippen LogP contribution in [0, 0.1) is 5.92 Å². The Kier molecular flexibility index (Phi) is 10.6. The number of hydrogen-bond donors (Lipinski definition) is 0. The molecule has 0 bridgehead atoms. The highest BCUT2D eigenvalue weighted by Crippen LogP contribution is 2.21. The van der Waals surface area contributed by atoms with Crippen molar-refractivity contribution in [2.24, 2.45) is 5.92 Å². The summed E-state index contributed by atoms with van der Waals surface area (Å²) in [6.45, 7) is 6.29. The number of unbranched alkanes of at least 4 members (excludes halogenated alkanes) is 2. The maximum Gasteiger partial charge on any atom is 0.321 e. The summed E-state index contributed by atoms with van der Waals surface area (Å²) >= 11 is 6.16. The van der Waals surface area contributed by atoms with Gasteiger partial charge in [0.15, 0.2) is 5.92 Å². The summed E-state index contributed by atoms with van der Waals surface area (Å²) in [5.41, 5.74) is 0. The third-order valence-corrected chi connectivity index (χ3v) is 3.20. The lowest BCUT2D eigenvalue weighted by Crippen LogP contribution is -2.35. The van der Waals surface area contributed by atoms with E-state index in [1.807, 2.05) is 13.8 Å². The number of halogens is 1. The number of ether oxygens (including phenoxy) is 2. The van der Waals surface area contributed by atoms with Gasteiger partial charge in [-0.2, -0.15) is 0 Å². The molecule has 0 heterocycles. The average Bonchev–Trinajstić information content (AvgIpc) is 2.37. The van der Waals surface area contributed by atoms with Gasteiger partial charge in [0.1, 0.15) is 0 Å². The minimum Gasteiger partial charge on any atom is -0.465 e. The molecule has 0 aliphatic rings. The van der Waals surface area contributed by atoms with E-state index in [4.69, 9.17) is 21.1 Å². The van der Waals surface area contributed by atoms with Crippen LogP contribution in [0.2, 0.25) is 0 Å². The van der Waals surface area contributed by atoms with Crippen LogP contribution in [0.25, 0.3) is 0 Å². The third kappa shape index (κ3) is 7.41. The second-order valence-corrected chi connectivity index (χ2v) is 4.97. The van der Waals surface area contributed by atoms with Crippen LogP contribution in [0.3, 0.4) is 0 Å². The monoisotopic (exact) mass is 292 g/mol. The summed E-state index contributed by atoms with van der Waals surface area (Å²) in [5.74, 6) is -2.16. The first-order chi connectivity index (χ1) is 9.08. The van der Waals surface area contributed by atoms with Gasteiger partial charge in [-0.05, 0) is 19.8 Å². The molecule has 0 aliphatic carbocycles. The van der Waals surface area contributed by atoms with E-state index < -0.39 is 23.2 Å². The van der Waals surface area contributed by atoms with E-state index in [2.05, 4.69) is 0 Å².